The summed E-state index contributed by atoms with van der Waals surface area (Å²) in [6.07, 6.45) is 2.19. The molecule has 0 spiro atoms. The molecule has 0 saturated heterocycles. The molecule has 0 amide bonds. The highest BCUT2D eigenvalue weighted by molar-refractivity contribution is 5.59. The smallest absolute Gasteiger partial charge is 0.274 e. The van der Waals surface area contributed by atoms with E-state index >= 15 is 0 Å². The molecule has 0 saturated carbocycles. The van der Waals surface area contributed by atoms with Gasteiger partial charge in [-0.05, 0) is 19.4 Å². The minimum Gasteiger partial charge on any atom is -0.382 e. The van der Waals surface area contributed by atoms with Gasteiger partial charge in [0, 0.05) is 30.5 Å². The van der Waals surface area contributed by atoms with E-state index in [1.807, 2.05) is 6.07 Å². The summed E-state index contributed by atoms with van der Waals surface area (Å²) in [4.78, 5) is 10.4. The first-order valence-corrected chi connectivity index (χ1v) is 6.22. The number of ether oxygens (including phenoxy) is 1. The van der Waals surface area contributed by atoms with Gasteiger partial charge in [0.1, 0.15) is 0 Å². The second kappa shape index (κ2) is 7.66. The maximum absolute atomic E-state index is 10.8. The molecular formula is C13H20N2O3. The summed E-state index contributed by atoms with van der Waals surface area (Å²) in [5.41, 5.74) is 1.60. The van der Waals surface area contributed by atoms with Crippen LogP contribution in [0.25, 0.3) is 0 Å². The van der Waals surface area contributed by atoms with E-state index in [4.69, 9.17) is 4.74 Å². The molecule has 1 aromatic carbocycles. The Labute approximate surface area is 107 Å². The predicted molar refractivity (Wildman–Crippen MR) is 72.1 cm³/mol. The number of benzene rings is 1. The Hall–Kier alpha value is -1.62. The molecular weight excluding hydrogens is 232 g/mol. The molecule has 0 fully saturated rings. The van der Waals surface area contributed by atoms with Crippen molar-refractivity contribution in [3.63, 3.8) is 0 Å². The van der Waals surface area contributed by atoms with Gasteiger partial charge in [-0.15, -0.1) is 0 Å². The van der Waals surface area contributed by atoms with Crippen molar-refractivity contribution in [2.75, 3.05) is 25.1 Å². The van der Waals surface area contributed by atoms with Gasteiger partial charge in [-0.2, -0.15) is 0 Å². The first kappa shape index (κ1) is 14.4. The number of nitro groups is 1. The van der Waals surface area contributed by atoms with Crippen molar-refractivity contribution in [3.05, 3.63) is 33.9 Å². The van der Waals surface area contributed by atoms with Crippen molar-refractivity contribution in [1.29, 1.82) is 0 Å². The maximum Gasteiger partial charge on any atom is 0.274 e. The summed E-state index contributed by atoms with van der Waals surface area (Å²) in [5, 5.41) is 13.9. The van der Waals surface area contributed by atoms with E-state index in [1.54, 1.807) is 13.0 Å². The van der Waals surface area contributed by atoms with Crippen LogP contribution in [-0.2, 0) is 4.74 Å². The van der Waals surface area contributed by atoms with E-state index in [9.17, 15) is 10.1 Å². The summed E-state index contributed by atoms with van der Waals surface area (Å²) in [6, 6.07) is 5.04. The van der Waals surface area contributed by atoms with Crippen LogP contribution in [0.15, 0.2) is 18.2 Å². The summed E-state index contributed by atoms with van der Waals surface area (Å²) < 4.78 is 5.42. The molecule has 0 aliphatic carbocycles. The van der Waals surface area contributed by atoms with Gasteiger partial charge in [-0.1, -0.05) is 19.4 Å². The van der Waals surface area contributed by atoms with Crippen LogP contribution in [-0.4, -0.2) is 24.7 Å². The van der Waals surface area contributed by atoms with Gasteiger partial charge in [0.15, 0.2) is 0 Å². The van der Waals surface area contributed by atoms with Crippen LogP contribution in [0.2, 0.25) is 0 Å². The molecule has 0 aliphatic rings. The average molecular weight is 252 g/mol. The second-order valence-electron chi connectivity index (χ2n) is 4.10. The van der Waals surface area contributed by atoms with Crippen LogP contribution in [0.5, 0.6) is 0 Å². The lowest BCUT2D eigenvalue weighted by atomic mass is 10.1. The van der Waals surface area contributed by atoms with Gasteiger partial charge >= 0.3 is 0 Å². The molecule has 0 radical (unpaired) electrons. The van der Waals surface area contributed by atoms with Crippen molar-refractivity contribution in [2.24, 2.45) is 0 Å². The third kappa shape index (κ3) is 4.33. The number of rotatable bonds is 8. The zero-order chi connectivity index (χ0) is 13.4. The number of nitro benzene ring substituents is 1. The van der Waals surface area contributed by atoms with E-state index in [0.717, 1.165) is 25.1 Å². The molecule has 100 valence electrons. The molecule has 18 heavy (non-hydrogen) atoms. The highest BCUT2D eigenvalue weighted by atomic mass is 16.6. The average Bonchev–Trinajstić information content (AvgIpc) is 2.35. The summed E-state index contributed by atoms with van der Waals surface area (Å²) in [7, 11) is 0. The molecule has 0 bridgehead atoms. The fourth-order valence-electron chi connectivity index (χ4n) is 1.62. The van der Waals surface area contributed by atoms with Crippen LogP contribution in [0.3, 0.4) is 0 Å². The highest BCUT2D eigenvalue weighted by Crippen LogP contribution is 2.24. The van der Waals surface area contributed by atoms with E-state index < -0.39 is 0 Å². The van der Waals surface area contributed by atoms with Gasteiger partial charge < -0.3 is 10.1 Å². The van der Waals surface area contributed by atoms with Gasteiger partial charge in [-0.3, -0.25) is 10.1 Å². The summed E-state index contributed by atoms with van der Waals surface area (Å²) in [5.74, 6) is 0. The largest absolute Gasteiger partial charge is 0.382 e. The number of nitrogens with one attached hydrogen (secondary N) is 1. The predicted octanol–water partition coefficient (Wildman–Crippen LogP) is 3.13. The Kier molecular flexibility index (Phi) is 6.14. The number of nitrogens with zero attached hydrogens (tertiary/aromatic N) is 1. The van der Waals surface area contributed by atoms with Crippen LogP contribution in [0.1, 0.15) is 25.3 Å². The number of hydrogen-bond donors (Lipinski definition) is 1. The molecule has 0 aromatic heterocycles. The van der Waals surface area contributed by atoms with Crippen LogP contribution < -0.4 is 5.32 Å². The second-order valence-corrected chi connectivity index (χ2v) is 4.10. The molecule has 5 heteroatoms. The molecule has 0 atom stereocenters. The minimum atomic E-state index is -0.363. The van der Waals surface area contributed by atoms with Gasteiger partial charge in [0.05, 0.1) is 11.5 Å². The summed E-state index contributed by atoms with van der Waals surface area (Å²) in [6.45, 7) is 5.91. The van der Waals surface area contributed by atoms with E-state index in [0.29, 0.717) is 18.7 Å². The Bertz CT molecular complexity index is 394. The Balaban J connectivity index is 2.43. The first-order valence-electron chi connectivity index (χ1n) is 6.22. The fourth-order valence-corrected chi connectivity index (χ4v) is 1.62. The molecule has 1 aromatic rings. The zero-order valence-corrected chi connectivity index (χ0v) is 10.9. The third-order valence-electron chi connectivity index (χ3n) is 2.71. The maximum atomic E-state index is 10.8. The van der Waals surface area contributed by atoms with Gasteiger partial charge in [0.2, 0.25) is 0 Å². The lowest BCUT2D eigenvalue weighted by Crippen LogP contribution is -2.11. The van der Waals surface area contributed by atoms with E-state index in [1.165, 1.54) is 6.07 Å². The fraction of sp³-hybridized carbons (Fsp3) is 0.538. The lowest BCUT2D eigenvalue weighted by Gasteiger charge is -2.09. The Morgan fingerprint density at radius 3 is 2.83 bits per heavy atom. The topological polar surface area (TPSA) is 64.4 Å². The SMILES string of the molecule is CCCCOCCNc1cccc([N+](=O)[O-])c1C. The molecule has 1 rings (SSSR count). The van der Waals surface area contributed by atoms with Crippen molar-refractivity contribution in [2.45, 2.75) is 26.7 Å². The van der Waals surface area contributed by atoms with Crippen LogP contribution in [0, 0.1) is 17.0 Å². The lowest BCUT2D eigenvalue weighted by molar-refractivity contribution is -0.385. The van der Waals surface area contributed by atoms with E-state index in [-0.39, 0.29) is 10.6 Å². The van der Waals surface area contributed by atoms with E-state index in [2.05, 4.69) is 12.2 Å². The van der Waals surface area contributed by atoms with Crippen molar-refractivity contribution in [1.82, 2.24) is 0 Å². The zero-order valence-electron chi connectivity index (χ0n) is 10.9. The molecule has 0 unspecified atom stereocenters. The van der Waals surface area contributed by atoms with Crippen molar-refractivity contribution in [3.8, 4) is 0 Å². The third-order valence-corrected chi connectivity index (χ3v) is 2.71. The van der Waals surface area contributed by atoms with Gasteiger partial charge in [-0.25, -0.2) is 0 Å². The molecule has 1 N–H and O–H groups in total. The summed E-state index contributed by atoms with van der Waals surface area (Å²) >= 11 is 0. The van der Waals surface area contributed by atoms with Crippen LogP contribution >= 0.6 is 0 Å². The normalized spacial score (nSPS) is 10.3. The van der Waals surface area contributed by atoms with Crippen LogP contribution in [0.4, 0.5) is 11.4 Å². The number of unbranched alkanes of at least 4 members (excludes halogenated alkanes) is 1. The Morgan fingerprint density at radius 1 is 1.39 bits per heavy atom. The van der Waals surface area contributed by atoms with Crippen molar-refractivity contribution >= 4 is 11.4 Å². The monoisotopic (exact) mass is 252 g/mol. The number of anilines is 1. The molecule has 0 aliphatic heterocycles. The Morgan fingerprint density at radius 2 is 2.17 bits per heavy atom. The molecule has 0 heterocycles. The molecule has 5 nitrogen and oxygen atoms in total. The number of hydrogen-bond acceptors (Lipinski definition) is 4. The minimum absolute atomic E-state index is 0.145. The standard InChI is InChI=1S/C13H20N2O3/c1-3-4-9-18-10-8-14-12-6-5-7-13(11(12)2)15(16)17/h5-7,14H,3-4,8-10H2,1-2H3. The quantitative estimate of drug-likeness (QED) is 0.438. The van der Waals surface area contributed by atoms with Crippen molar-refractivity contribution < 1.29 is 9.66 Å². The van der Waals surface area contributed by atoms with Gasteiger partial charge in [0.25, 0.3) is 5.69 Å². The first-order chi connectivity index (χ1) is 8.66. The highest BCUT2D eigenvalue weighted by Gasteiger charge is 2.12.